The zero-order chi connectivity index (χ0) is 2.00. The van der Waals surface area contributed by atoms with Gasteiger partial charge in [0, 0.05) is 44.8 Å². The normalized spacial score (nSPS) is 0.400. The zero-order valence-corrected chi connectivity index (χ0v) is 8.64. The van der Waals surface area contributed by atoms with Gasteiger partial charge in [0.1, 0.15) is 0 Å². The van der Waals surface area contributed by atoms with E-state index in [0.29, 0.717) is 0 Å². The Balaban J connectivity index is -0.00000000167. The first kappa shape index (κ1) is 25.5. The molecule has 0 rings (SSSR count). The average Bonchev–Trinajstić information content (AvgIpc) is 1.00. The third-order valence-corrected chi connectivity index (χ3v) is 0. The van der Waals surface area contributed by atoms with Crippen molar-refractivity contribution in [3.8, 4) is 0 Å². The number of rotatable bonds is 0. The topological polar surface area (TPSA) is 23.8 Å². The Bertz CT molecular complexity index is 14.4. The van der Waals surface area contributed by atoms with E-state index in [0.717, 1.165) is 0 Å². The average molecular weight is 281 g/mol. The fourth-order valence-electron chi connectivity index (χ4n) is 0. The van der Waals surface area contributed by atoms with Crippen LogP contribution in [0.5, 0.6) is 0 Å². The fourth-order valence-corrected chi connectivity index (χ4v) is 0. The Hall–Kier alpha value is 2.61. The molecule has 0 spiro atoms. The maximum absolute atomic E-state index is 6.25. The summed E-state index contributed by atoms with van der Waals surface area (Å²) in [6, 6.07) is 0. The van der Waals surface area contributed by atoms with Gasteiger partial charge < -0.3 is 11.8 Å². The standard InChI is InChI=1S/CN.2Ag.K/c1-2;;;/q-1;;;+1. The molecule has 0 saturated carbocycles. The van der Waals surface area contributed by atoms with Gasteiger partial charge in [0.2, 0.25) is 0 Å². The maximum Gasteiger partial charge on any atom is 1.00 e. The van der Waals surface area contributed by atoms with Crippen molar-refractivity contribution in [3.05, 3.63) is 6.57 Å². The van der Waals surface area contributed by atoms with Crippen molar-refractivity contribution < 1.29 is 96.1 Å². The van der Waals surface area contributed by atoms with Gasteiger partial charge in [0.25, 0.3) is 0 Å². The SMILES string of the molecule is [Ag].[Ag].[C-]#N.[K+]. The van der Waals surface area contributed by atoms with Gasteiger partial charge in [-0.25, -0.2) is 0 Å². The van der Waals surface area contributed by atoms with Crippen molar-refractivity contribution >= 4 is 0 Å². The summed E-state index contributed by atoms with van der Waals surface area (Å²) in [5, 5.41) is 6.25. The number of hydrogen-bond donors (Lipinski definition) is 0. The van der Waals surface area contributed by atoms with E-state index < -0.39 is 0 Å². The van der Waals surface area contributed by atoms with Crippen molar-refractivity contribution in [2.24, 2.45) is 0 Å². The molecule has 0 atom stereocenters. The second-order valence-corrected chi connectivity index (χ2v) is 0. The van der Waals surface area contributed by atoms with E-state index in [9.17, 15) is 0 Å². The van der Waals surface area contributed by atoms with Crippen LogP contribution in [-0.4, -0.2) is 0 Å². The molecule has 0 aliphatic carbocycles. The van der Waals surface area contributed by atoms with E-state index in [4.69, 9.17) is 11.8 Å². The first-order valence-corrected chi connectivity index (χ1v) is 0.224. The Morgan fingerprint density at radius 3 is 1.00 bits per heavy atom. The molecule has 0 amide bonds. The molecule has 0 aliphatic heterocycles. The minimum atomic E-state index is 0. The molecule has 0 heterocycles. The van der Waals surface area contributed by atoms with E-state index in [1.54, 1.807) is 0 Å². The fraction of sp³-hybridized carbons (Fsp3) is 0. The van der Waals surface area contributed by atoms with E-state index in [1.807, 2.05) is 0 Å². The second kappa shape index (κ2) is 30.6. The van der Waals surface area contributed by atoms with E-state index in [2.05, 4.69) is 0 Å². The second-order valence-electron chi connectivity index (χ2n) is 0. The van der Waals surface area contributed by atoms with Crippen LogP contribution in [0.2, 0.25) is 0 Å². The molecule has 0 fully saturated rings. The number of nitrogens with zero attached hydrogens (tertiary/aromatic N) is 1. The van der Waals surface area contributed by atoms with E-state index >= 15 is 0 Å². The molecular weight excluding hydrogens is 281 g/mol. The predicted molar refractivity (Wildman–Crippen MR) is 4.97 cm³/mol. The predicted octanol–water partition coefficient (Wildman–Crippen LogP) is -2.90. The van der Waals surface area contributed by atoms with Crippen LogP contribution in [0.1, 0.15) is 0 Å². The van der Waals surface area contributed by atoms with Crippen molar-refractivity contribution in [1.29, 1.82) is 5.26 Å². The molecule has 4 heteroatoms. The summed E-state index contributed by atoms with van der Waals surface area (Å²) in [5.41, 5.74) is 0. The molecule has 0 aromatic rings. The minimum absolute atomic E-state index is 0. The summed E-state index contributed by atoms with van der Waals surface area (Å²) in [5.74, 6) is 0. The summed E-state index contributed by atoms with van der Waals surface area (Å²) in [6.07, 6.45) is 0. The summed E-state index contributed by atoms with van der Waals surface area (Å²) >= 11 is 0. The van der Waals surface area contributed by atoms with Gasteiger partial charge in [-0.2, -0.15) is 0 Å². The Kier molecular flexibility index (Phi) is 156. The third-order valence-electron chi connectivity index (χ3n) is 0. The van der Waals surface area contributed by atoms with Crippen LogP contribution in [-0.2, 0) is 44.8 Å². The third kappa shape index (κ3) is 20.6. The molecule has 0 aromatic heterocycles. The van der Waals surface area contributed by atoms with Crippen molar-refractivity contribution in [1.82, 2.24) is 0 Å². The zero-order valence-electron chi connectivity index (χ0n) is 2.55. The van der Waals surface area contributed by atoms with Crippen LogP contribution in [0.4, 0.5) is 0 Å². The molecule has 2 radical (unpaired) electrons. The van der Waals surface area contributed by atoms with Crippen LogP contribution >= 0.6 is 0 Å². The summed E-state index contributed by atoms with van der Waals surface area (Å²) < 4.78 is 0. The first-order valence-electron chi connectivity index (χ1n) is 0.224. The van der Waals surface area contributed by atoms with Gasteiger partial charge >= 0.3 is 51.4 Å². The number of hydrogen-bond acceptors (Lipinski definition) is 1. The summed E-state index contributed by atoms with van der Waals surface area (Å²) in [6.45, 7) is 4.75. The van der Waals surface area contributed by atoms with Crippen LogP contribution in [0.15, 0.2) is 0 Å². The molecule has 0 N–H and O–H groups in total. The van der Waals surface area contributed by atoms with Gasteiger partial charge in [-0.3, -0.25) is 0 Å². The first-order chi connectivity index (χ1) is 1.00. The Labute approximate surface area is 105 Å². The molecule has 5 heavy (non-hydrogen) atoms. The molecule has 0 saturated heterocycles. The largest absolute Gasteiger partial charge is 1.00 e. The quantitative estimate of drug-likeness (QED) is 0.345. The molecule has 1 nitrogen and oxygen atoms in total. The van der Waals surface area contributed by atoms with Crippen LogP contribution in [0.3, 0.4) is 0 Å². The minimum Gasteiger partial charge on any atom is -0.512 e. The Morgan fingerprint density at radius 2 is 1.00 bits per heavy atom. The van der Waals surface area contributed by atoms with Crippen LogP contribution in [0.25, 0.3) is 0 Å². The molecule has 0 aliphatic rings. The van der Waals surface area contributed by atoms with Gasteiger partial charge in [0.15, 0.2) is 0 Å². The van der Waals surface area contributed by atoms with Crippen molar-refractivity contribution in [3.63, 3.8) is 0 Å². The molecule has 0 aromatic carbocycles. The van der Waals surface area contributed by atoms with Gasteiger partial charge in [0.05, 0.1) is 0 Å². The maximum atomic E-state index is 6.25. The van der Waals surface area contributed by atoms with Crippen molar-refractivity contribution in [2.45, 2.75) is 0 Å². The van der Waals surface area contributed by atoms with Crippen LogP contribution < -0.4 is 51.4 Å². The van der Waals surface area contributed by atoms with Crippen molar-refractivity contribution in [2.75, 3.05) is 0 Å². The molecular formula is CAg2KN. The van der Waals surface area contributed by atoms with Gasteiger partial charge in [-0.1, -0.05) is 0 Å². The molecule has 32 valence electrons. The summed E-state index contributed by atoms with van der Waals surface area (Å²) in [4.78, 5) is 0. The molecule has 0 unspecified atom stereocenters. The van der Waals surface area contributed by atoms with Gasteiger partial charge in [-0.05, 0) is 0 Å². The Morgan fingerprint density at radius 1 is 1.00 bits per heavy atom. The van der Waals surface area contributed by atoms with Gasteiger partial charge in [-0.15, -0.1) is 0 Å². The van der Waals surface area contributed by atoms with E-state index in [1.165, 1.54) is 0 Å². The molecule has 0 bridgehead atoms. The smallest absolute Gasteiger partial charge is 0.512 e. The van der Waals surface area contributed by atoms with E-state index in [-0.39, 0.29) is 96.1 Å². The summed E-state index contributed by atoms with van der Waals surface area (Å²) in [7, 11) is 0. The monoisotopic (exact) mass is 279 g/mol. The van der Waals surface area contributed by atoms with Crippen LogP contribution in [0, 0.1) is 11.8 Å².